The van der Waals surface area contributed by atoms with Crippen molar-refractivity contribution in [3.05, 3.63) is 106 Å². The summed E-state index contributed by atoms with van der Waals surface area (Å²) < 4.78 is 15.6. The molecule has 1 atom stereocenters. The van der Waals surface area contributed by atoms with Gasteiger partial charge in [0.1, 0.15) is 5.69 Å². The summed E-state index contributed by atoms with van der Waals surface area (Å²) in [7, 11) is 2.42. The highest BCUT2D eigenvalue weighted by molar-refractivity contribution is 6.31. The summed E-state index contributed by atoms with van der Waals surface area (Å²) in [6.07, 6.45) is -1.89. The molecule has 0 amide bonds. The molecule has 10 heteroatoms. The highest BCUT2D eigenvalue weighted by Crippen LogP contribution is 2.36. The van der Waals surface area contributed by atoms with E-state index in [9.17, 15) is 14.4 Å². The molecule has 198 valence electrons. The SMILES string of the molecule is COC(=O)Cc1nc(-c2ccccc2)nc(C(OC(=O)c2cccc(Cl)c2)C(=O)OC)c1-c1cccc(Cl)c1. The van der Waals surface area contributed by atoms with E-state index in [1.54, 1.807) is 60.7 Å². The minimum atomic E-state index is -1.63. The van der Waals surface area contributed by atoms with Gasteiger partial charge in [-0.1, -0.05) is 71.7 Å². The molecule has 0 radical (unpaired) electrons. The van der Waals surface area contributed by atoms with Crippen LogP contribution in [0.1, 0.15) is 27.8 Å². The number of halogens is 2. The normalized spacial score (nSPS) is 11.4. The predicted octanol–water partition coefficient (Wildman–Crippen LogP) is 5.90. The van der Waals surface area contributed by atoms with Crippen molar-refractivity contribution in [2.24, 2.45) is 0 Å². The summed E-state index contributed by atoms with van der Waals surface area (Å²) in [6, 6.07) is 21.7. The van der Waals surface area contributed by atoms with E-state index in [-0.39, 0.29) is 34.8 Å². The summed E-state index contributed by atoms with van der Waals surface area (Å²) in [4.78, 5) is 48.0. The number of esters is 3. The minimum absolute atomic E-state index is 0.00671. The van der Waals surface area contributed by atoms with Gasteiger partial charge >= 0.3 is 17.9 Å². The molecule has 0 spiro atoms. The number of hydrogen-bond donors (Lipinski definition) is 0. The number of methoxy groups -OCH3 is 2. The Kier molecular flexibility index (Phi) is 8.91. The van der Waals surface area contributed by atoms with Gasteiger partial charge in [-0.05, 0) is 35.9 Å². The van der Waals surface area contributed by atoms with Crippen molar-refractivity contribution in [3.8, 4) is 22.5 Å². The molecule has 0 aliphatic carbocycles. The second-order valence-electron chi connectivity index (χ2n) is 8.20. The van der Waals surface area contributed by atoms with Crippen LogP contribution in [0.2, 0.25) is 10.0 Å². The number of nitrogens with zero attached hydrogens (tertiary/aromatic N) is 2. The van der Waals surface area contributed by atoms with Crippen molar-refractivity contribution in [2.75, 3.05) is 14.2 Å². The molecule has 8 nitrogen and oxygen atoms in total. The number of ether oxygens (including phenoxy) is 3. The van der Waals surface area contributed by atoms with Gasteiger partial charge in [-0.2, -0.15) is 0 Å². The molecule has 0 aliphatic heterocycles. The van der Waals surface area contributed by atoms with E-state index in [4.69, 9.17) is 37.4 Å². The molecule has 4 rings (SSSR count). The van der Waals surface area contributed by atoms with Gasteiger partial charge in [0, 0.05) is 21.2 Å². The van der Waals surface area contributed by atoms with E-state index in [0.29, 0.717) is 21.2 Å². The van der Waals surface area contributed by atoms with Gasteiger partial charge in [-0.3, -0.25) is 4.79 Å². The topological polar surface area (TPSA) is 105 Å². The number of hydrogen-bond acceptors (Lipinski definition) is 8. The molecular weight excluding hydrogens is 543 g/mol. The van der Waals surface area contributed by atoms with Crippen LogP contribution in [-0.4, -0.2) is 42.1 Å². The van der Waals surface area contributed by atoms with Crippen LogP contribution in [-0.2, 0) is 30.2 Å². The molecule has 39 heavy (non-hydrogen) atoms. The van der Waals surface area contributed by atoms with Crippen molar-refractivity contribution in [2.45, 2.75) is 12.5 Å². The van der Waals surface area contributed by atoms with Gasteiger partial charge in [-0.25, -0.2) is 19.6 Å². The fourth-order valence-corrected chi connectivity index (χ4v) is 4.22. The second-order valence-corrected chi connectivity index (χ2v) is 9.08. The summed E-state index contributed by atoms with van der Waals surface area (Å²) in [6.45, 7) is 0. The first kappa shape index (κ1) is 27.8. The Morgan fingerprint density at radius 3 is 2.10 bits per heavy atom. The first-order valence-corrected chi connectivity index (χ1v) is 12.4. The quantitative estimate of drug-likeness (QED) is 0.192. The predicted molar refractivity (Wildman–Crippen MR) is 145 cm³/mol. The molecule has 0 bridgehead atoms. The molecule has 1 heterocycles. The van der Waals surface area contributed by atoms with Crippen LogP contribution in [0.15, 0.2) is 78.9 Å². The van der Waals surface area contributed by atoms with Gasteiger partial charge < -0.3 is 14.2 Å². The zero-order valence-electron chi connectivity index (χ0n) is 20.9. The zero-order valence-corrected chi connectivity index (χ0v) is 22.4. The van der Waals surface area contributed by atoms with Crippen molar-refractivity contribution in [1.82, 2.24) is 9.97 Å². The largest absolute Gasteiger partial charge is 0.469 e. The molecule has 1 unspecified atom stereocenters. The maximum Gasteiger partial charge on any atom is 0.353 e. The van der Waals surface area contributed by atoms with Gasteiger partial charge in [-0.15, -0.1) is 0 Å². The lowest BCUT2D eigenvalue weighted by molar-refractivity contribution is -0.151. The Morgan fingerprint density at radius 2 is 1.46 bits per heavy atom. The molecule has 1 aromatic heterocycles. The third kappa shape index (κ3) is 6.60. The van der Waals surface area contributed by atoms with Crippen LogP contribution in [0.25, 0.3) is 22.5 Å². The Labute approximate surface area is 234 Å². The van der Waals surface area contributed by atoms with Gasteiger partial charge in [0.05, 0.1) is 31.9 Å². The maximum absolute atomic E-state index is 13.1. The maximum atomic E-state index is 13.1. The van der Waals surface area contributed by atoms with Crippen molar-refractivity contribution in [1.29, 1.82) is 0 Å². The van der Waals surface area contributed by atoms with Crippen LogP contribution in [0.3, 0.4) is 0 Å². The smallest absolute Gasteiger partial charge is 0.353 e. The first-order chi connectivity index (χ1) is 18.8. The zero-order chi connectivity index (χ0) is 27.9. The third-order valence-corrected chi connectivity index (χ3v) is 6.12. The van der Waals surface area contributed by atoms with E-state index >= 15 is 0 Å². The molecule has 4 aromatic rings. The lowest BCUT2D eigenvalue weighted by Gasteiger charge is -2.21. The lowest BCUT2D eigenvalue weighted by atomic mass is 9.96. The summed E-state index contributed by atoms with van der Waals surface area (Å²) >= 11 is 12.3. The summed E-state index contributed by atoms with van der Waals surface area (Å²) in [5.74, 6) is -2.11. The number of benzene rings is 3. The van der Waals surface area contributed by atoms with Gasteiger partial charge in [0.15, 0.2) is 5.82 Å². The van der Waals surface area contributed by atoms with Crippen LogP contribution in [0.5, 0.6) is 0 Å². The van der Waals surface area contributed by atoms with Crippen molar-refractivity contribution < 1.29 is 28.6 Å². The first-order valence-electron chi connectivity index (χ1n) is 11.6. The van der Waals surface area contributed by atoms with E-state index in [2.05, 4.69) is 9.97 Å². The molecule has 0 saturated carbocycles. The monoisotopic (exact) mass is 564 g/mol. The Bertz CT molecular complexity index is 1530. The number of aromatic nitrogens is 2. The van der Waals surface area contributed by atoms with E-state index < -0.39 is 24.0 Å². The van der Waals surface area contributed by atoms with Gasteiger partial charge in [0.25, 0.3) is 0 Å². The number of rotatable bonds is 8. The summed E-state index contributed by atoms with van der Waals surface area (Å²) in [5, 5.41) is 0.701. The Hall–Kier alpha value is -4.27. The fourth-order valence-electron chi connectivity index (χ4n) is 3.84. The van der Waals surface area contributed by atoms with Crippen LogP contribution in [0.4, 0.5) is 0 Å². The molecule has 0 saturated heterocycles. The molecule has 0 aliphatic rings. The Morgan fingerprint density at radius 1 is 0.795 bits per heavy atom. The average Bonchev–Trinajstić information content (AvgIpc) is 2.95. The number of carbonyl (C=O) groups is 3. The minimum Gasteiger partial charge on any atom is -0.469 e. The summed E-state index contributed by atoms with van der Waals surface area (Å²) in [5.41, 5.74) is 1.73. The third-order valence-electron chi connectivity index (χ3n) is 5.65. The van der Waals surface area contributed by atoms with Crippen LogP contribution in [0, 0.1) is 0 Å². The van der Waals surface area contributed by atoms with Crippen molar-refractivity contribution >= 4 is 41.1 Å². The van der Waals surface area contributed by atoms with E-state index in [0.717, 1.165) is 7.11 Å². The highest BCUT2D eigenvalue weighted by Gasteiger charge is 2.34. The molecular formula is C29H22Cl2N2O6. The number of carbonyl (C=O) groups excluding carboxylic acids is 3. The second kappa shape index (κ2) is 12.5. The standard InChI is InChI=1S/C29H22Cl2N2O6/c1-37-23(34)16-22-24(18-10-6-12-20(30)14-18)25(33-27(32-22)17-8-4-3-5-9-17)26(29(36)38-2)39-28(35)19-11-7-13-21(31)15-19/h3-15,26H,16H2,1-2H3. The average molecular weight is 565 g/mol. The Balaban J connectivity index is 1.98. The van der Waals surface area contributed by atoms with E-state index in [1.165, 1.54) is 19.2 Å². The van der Waals surface area contributed by atoms with E-state index in [1.807, 2.05) is 6.07 Å². The van der Waals surface area contributed by atoms with Crippen molar-refractivity contribution in [3.63, 3.8) is 0 Å². The van der Waals surface area contributed by atoms with Crippen LogP contribution >= 0.6 is 23.2 Å². The molecule has 0 N–H and O–H groups in total. The fraction of sp³-hybridized carbons (Fsp3) is 0.138. The highest BCUT2D eigenvalue weighted by atomic mass is 35.5. The molecule has 3 aromatic carbocycles. The molecule has 0 fully saturated rings. The van der Waals surface area contributed by atoms with Crippen LogP contribution < -0.4 is 0 Å². The lowest BCUT2D eigenvalue weighted by Crippen LogP contribution is -2.24. The van der Waals surface area contributed by atoms with Gasteiger partial charge in [0.2, 0.25) is 6.10 Å².